The van der Waals surface area contributed by atoms with Crippen LogP contribution in [0.2, 0.25) is 0 Å². The molecular formula is C26H26N4O2S. The van der Waals surface area contributed by atoms with Gasteiger partial charge in [-0.1, -0.05) is 79.3 Å². The number of nitrogens with one attached hydrogen (secondary N) is 1. The normalized spacial score (nSPS) is 10.7. The maximum atomic E-state index is 12.4. The number of ether oxygens (including phenoxy) is 1. The van der Waals surface area contributed by atoms with Gasteiger partial charge in [-0.2, -0.15) is 0 Å². The van der Waals surface area contributed by atoms with Crippen molar-refractivity contribution >= 4 is 23.4 Å². The number of amides is 1. The first-order valence-corrected chi connectivity index (χ1v) is 11.9. The Hall–Kier alpha value is -3.58. The predicted molar refractivity (Wildman–Crippen MR) is 132 cm³/mol. The van der Waals surface area contributed by atoms with Gasteiger partial charge in [0.15, 0.2) is 11.0 Å². The zero-order valence-electron chi connectivity index (χ0n) is 18.5. The second-order valence-electron chi connectivity index (χ2n) is 7.46. The van der Waals surface area contributed by atoms with Gasteiger partial charge in [0.1, 0.15) is 12.4 Å². The summed E-state index contributed by atoms with van der Waals surface area (Å²) in [6, 6.07) is 27.6. The van der Waals surface area contributed by atoms with E-state index in [1.165, 1.54) is 17.3 Å². The minimum absolute atomic E-state index is 0.0886. The van der Waals surface area contributed by atoms with E-state index < -0.39 is 0 Å². The van der Waals surface area contributed by atoms with Gasteiger partial charge in [-0.25, -0.2) is 0 Å². The molecule has 0 atom stereocenters. The first-order valence-electron chi connectivity index (χ1n) is 10.9. The van der Waals surface area contributed by atoms with Crippen molar-refractivity contribution in [3.63, 3.8) is 0 Å². The monoisotopic (exact) mass is 458 g/mol. The molecule has 33 heavy (non-hydrogen) atoms. The fraction of sp³-hybridized carbons (Fsp3) is 0.192. The van der Waals surface area contributed by atoms with E-state index in [1.54, 1.807) is 0 Å². The summed E-state index contributed by atoms with van der Waals surface area (Å²) in [5, 5.41) is 12.3. The van der Waals surface area contributed by atoms with E-state index in [4.69, 9.17) is 4.74 Å². The van der Waals surface area contributed by atoms with Crippen molar-refractivity contribution in [3.05, 3.63) is 102 Å². The lowest BCUT2D eigenvalue weighted by Gasteiger charge is -2.12. The van der Waals surface area contributed by atoms with Crippen LogP contribution in [-0.4, -0.2) is 26.4 Å². The lowest BCUT2D eigenvalue weighted by Crippen LogP contribution is -2.15. The highest BCUT2D eigenvalue weighted by atomic mass is 32.2. The van der Waals surface area contributed by atoms with Crippen LogP contribution in [0.1, 0.15) is 23.9 Å². The Balaban J connectivity index is 1.46. The van der Waals surface area contributed by atoms with Crippen LogP contribution in [0.4, 0.5) is 5.69 Å². The third-order valence-electron chi connectivity index (χ3n) is 5.07. The number of rotatable bonds is 10. The van der Waals surface area contributed by atoms with Crippen molar-refractivity contribution in [3.8, 4) is 5.75 Å². The van der Waals surface area contributed by atoms with Crippen LogP contribution in [0, 0.1) is 0 Å². The number of para-hydroxylation sites is 1. The summed E-state index contributed by atoms with van der Waals surface area (Å²) in [6.07, 6.45) is 0.990. The number of aromatic nitrogens is 3. The molecule has 1 aromatic heterocycles. The largest absolute Gasteiger partial charge is 0.486 e. The van der Waals surface area contributed by atoms with Crippen LogP contribution < -0.4 is 10.1 Å². The molecule has 3 aromatic carbocycles. The second-order valence-corrected chi connectivity index (χ2v) is 8.40. The van der Waals surface area contributed by atoms with Crippen molar-refractivity contribution in [2.75, 3.05) is 11.1 Å². The highest BCUT2D eigenvalue weighted by Crippen LogP contribution is 2.21. The van der Waals surface area contributed by atoms with Gasteiger partial charge < -0.3 is 10.1 Å². The lowest BCUT2D eigenvalue weighted by molar-refractivity contribution is -0.113. The quantitative estimate of drug-likeness (QED) is 0.331. The molecule has 0 saturated carbocycles. The van der Waals surface area contributed by atoms with Crippen LogP contribution in [0.15, 0.2) is 90.1 Å². The van der Waals surface area contributed by atoms with Crippen LogP contribution in [0.5, 0.6) is 5.75 Å². The molecule has 0 unspecified atom stereocenters. The lowest BCUT2D eigenvalue weighted by atomic mass is 10.2. The summed E-state index contributed by atoms with van der Waals surface area (Å²) in [5.41, 5.74) is 3.17. The molecule has 1 heterocycles. The number of hydrogen-bond donors (Lipinski definition) is 1. The van der Waals surface area contributed by atoms with E-state index in [0.717, 1.165) is 23.4 Å². The Morgan fingerprint density at radius 1 is 0.909 bits per heavy atom. The van der Waals surface area contributed by atoms with Crippen molar-refractivity contribution in [2.24, 2.45) is 0 Å². The van der Waals surface area contributed by atoms with Crippen molar-refractivity contribution in [1.29, 1.82) is 0 Å². The van der Waals surface area contributed by atoms with Crippen LogP contribution in [0.25, 0.3) is 0 Å². The van der Waals surface area contributed by atoms with Gasteiger partial charge in [0, 0.05) is 5.69 Å². The third-order valence-corrected chi connectivity index (χ3v) is 6.03. The molecule has 0 bridgehead atoms. The molecule has 4 rings (SSSR count). The van der Waals surface area contributed by atoms with Crippen LogP contribution >= 0.6 is 11.8 Å². The molecule has 0 aliphatic rings. The Bertz CT molecular complexity index is 1160. The fourth-order valence-electron chi connectivity index (χ4n) is 3.28. The van der Waals surface area contributed by atoms with Gasteiger partial charge in [0.25, 0.3) is 0 Å². The maximum absolute atomic E-state index is 12.4. The number of aryl methyl sites for hydroxylation is 1. The highest BCUT2D eigenvalue weighted by Gasteiger charge is 2.15. The molecule has 4 aromatic rings. The molecule has 0 radical (unpaired) electrons. The highest BCUT2D eigenvalue weighted by molar-refractivity contribution is 7.99. The number of carbonyl (C=O) groups excluding carboxylic acids is 1. The van der Waals surface area contributed by atoms with Gasteiger partial charge >= 0.3 is 0 Å². The number of nitrogens with zero attached hydrogens (tertiary/aromatic N) is 3. The molecular weight excluding hydrogens is 432 g/mol. The van der Waals surface area contributed by atoms with E-state index >= 15 is 0 Å². The fourth-order valence-corrected chi connectivity index (χ4v) is 4.03. The van der Waals surface area contributed by atoms with E-state index in [-0.39, 0.29) is 11.7 Å². The molecule has 0 aliphatic heterocycles. The van der Waals surface area contributed by atoms with E-state index in [9.17, 15) is 4.79 Å². The average molecular weight is 459 g/mol. The first kappa shape index (κ1) is 22.6. The summed E-state index contributed by atoms with van der Waals surface area (Å²) in [4.78, 5) is 12.4. The summed E-state index contributed by atoms with van der Waals surface area (Å²) in [7, 11) is 0. The number of thioether (sulfide) groups is 1. The minimum atomic E-state index is -0.0886. The molecule has 0 fully saturated rings. The molecule has 0 aliphatic carbocycles. The number of hydrogen-bond acceptors (Lipinski definition) is 5. The molecule has 1 amide bonds. The molecule has 1 N–H and O–H groups in total. The molecule has 168 valence electrons. The maximum Gasteiger partial charge on any atom is 0.234 e. The topological polar surface area (TPSA) is 69.0 Å². The Morgan fingerprint density at radius 3 is 2.30 bits per heavy atom. The van der Waals surface area contributed by atoms with Gasteiger partial charge in [0.05, 0.1) is 12.3 Å². The van der Waals surface area contributed by atoms with Gasteiger partial charge in [-0.3, -0.25) is 9.36 Å². The minimum Gasteiger partial charge on any atom is -0.486 e. The Kier molecular flexibility index (Phi) is 7.76. The van der Waals surface area contributed by atoms with Crippen molar-refractivity contribution in [1.82, 2.24) is 14.8 Å². The van der Waals surface area contributed by atoms with E-state index in [1.807, 2.05) is 65.2 Å². The van der Waals surface area contributed by atoms with Gasteiger partial charge in [-0.15, -0.1) is 10.2 Å². The van der Waals surface area contributed by atoms with Crippen LogP contribution in [0.3, 0.4) is 0 Å². The average Bonchev–Trinajstić information content (AvgIpc) is 3.24. The van der Waals surface area contributed by atoms with Crippen molar-refractivity contribution < 1.29 is 9.53 Å². The predicted octanol–water partition coefficient (Wildman–Crippen LogP) is 5.20. The van der Waals surface area contributed by atoms with Gasteiger partial charge in [-0.05, 0) is 41.8 Å². The van der Waals surface area contributed by atoms with Crippen LogP contribution in [-0.2, 0) is 24.4 Å². The summed E-state index contributed by atoms with van der Waals surface area (Å²) < 4.78 is 7.99. The van der Waals surface area contributed by atoms with E-state index in [2.05, 4.69) is 46.7 Å². The van der Waals surface area contributed by atoms with E-state index in [0.29, 0.717) is 24.1 Å². The molecule has 6 nitrogen and oxygen atoms in total. The number of carbonyl (C=O) groups is 1. The smallest absolute Gasteiger partial charge is 0.234 e. The summed E-state index contributed by atoms with van der Waals surface area (Å²) in [6.45, 7) is 3.02. The first-order chi connectivity index (χ1) is 16.2. The Morgan fingerprint density at radius 2 is 1.61 bits per heavy atom. The molecule has 0 saturated heterocycles. The Labute approximate surface area is 198 Å². The SMILES string of the molecule is CCc1ccc(OCc2nnc(SCC(=O)Nc3ccccc3)n2Cc2ccccc2)cc1. The molecule has 0 spiro atoms. The summed E-state index contributed by atoms with van der Waals surface area (Å²) >= 11 is 1.36. The zero-order valence-corrected chi connectivity index (χ0v) is 19.3. The molecule has 7 heteroatoms. The van der Waals surface area contributed by atoms with Gasteiger partial charge in [0.2, 0.25) is 5.91 Å². The zero-order chi connectivity index (χ0) is 22.9. The number of benzene rings is 3. The number of anilines is 1. The standard InChI is InChI=1S/C26H26N4O2S/c1-2-20-13-15-23(16-14-20)32-18-24-28-29-26(30(24)17-21-9-5-3-6-10-21)33-19-25(31)27-22-11-7-4-8-12-22/h3-16H,2,17-19H2,1H3,(H,27,31). The second kappa shape index (κ2) is 11.3. The summed E-state index contributed by atoms with van der Waals surface area (Å²) in [5.74, 6) is 1.65. The third kappa shape index (κ3) is 6.46. The van der Waals surface area contributed by atoms with Crippen molar-refractivity contribution in [2.45, 2.75) is 31.7 Å².